The molecule has 0 atom stereocenters. The molecule has 0 aliphatic heterocycles. The normalized spacial score (nSPS) is 12.8. The quantitative estimate of drug-likeness (QED) is 0.440. The Balaban J connectivity index is 2.09. The van der Waals surface area contributed by atoms with Crippen LogP contribution in [0.3, 0.4) is 0 Å². The first-order valence-electron chi connectivity index (χ1n) is 8.45. The minimum atomic E-state index is 0.944. The molecule has 0 fully saturated rings. The number of aromatic nitrogens is 3. The van der Waals surface area contributed by atoms with E-state index in [-0.39, 0.29) is 0 Å². The molecule has 0 bridgehead atoms. The third-order valence-corrected chi connectivity index (χ3v) is 4.43. The minimum absolute atomic E-state index is 0.944. The predicted octanol–water partition coefficient (Wildman–Crippen LogP) is 5.74. The maximum absolute atomic E-state index is 4.89. The van der Waals surface area contributed by atoms with Crippen LogP contribution in [0.25, 0.3) is 33.5 Å². The van der Waals surface area contributed by atoms with Crippen LogP contribution in [-0.4, -0.2) is 14.0 Å². The maximum Gasteiger partial charge on any atom is 0.220 e. The van der Waals surface area contributed by atoms with Gasteiger partial charge < -0.3 is 0 Å². The lowest BCUT2D eigenvalue weighted by molar-refractivity contribution is 1.12. The van der Waals surface area contributed by atoms with Gasteiger partial charge in [0.2, 0.25) is 5.78 Å². The van der Waals surface area contributed by atoms with Gasteiger partial charge in [-0.1, -0.05) is 42.5 Å². The molecule has 2 aromatic carbocycles. The Morgan fingerprint density at radius 2 is 1.84 bits per heavy atom. The molecule has 0 unspecified atom stereocenters. The zero-order chi connectivity index (χ0) is 17.6. The van der Waals surface area contributed by atoms with Crippen molar-refractivity contribution in [1.82, 2.24) is 14.0 Å². The summed E-state index contributed by atoms with van der Waals surface area (Å²) in [6.45, 7) is 10.1. The maximum atomic E-state index is 4.89. The van der Waals surface area contributed by atoms with Crippen molar-refractivity contribution < 1.29 is 0 Å². The Morgan fingerprint density at radius 3 is 2.64 bits per heavy atom. The Bertz CT molecular complexity index is 1180. The van der Waals surface area contributed by atoms with Crippen molar-refractivity contribution in [2.45, 2.75) is 20.8 Å². The summed E-state index contributed by atoms with van der Waals surface area (Å²) in [5.74, 6) is 0.944. The number of rotatable bonds is 3. The summed E-state index contributed by atoms with van der Waals surface area (Å²) in [5.41, 5.74) is 7.90. The van der Waals surface area contributed by atoms with Gasteiger partial charge in [0.15, 0.2) is 0 Å². The number of hydrogen-bond donors (Lipinski definition) is 0. The highest BCUT2D eigenvalue weighted by Gasteiger charge is 2.16. The summed E-state index contributed by atoms with van der Waals surface area (Å²) in [7, 11) is 0. The molecule has 0 radical (unpaired) electrons. The van der Waals surface area contributed by atoms with Crippen LogP contribution in [-0.2, 0) is 0 Å². The SMILES string of the molecule is C=C(C)/C=C\C=C(/C)n1c2ccc(C)cc2n2c3ccccc3nc12. The zero-order valence-electron chi connectivity index (χ0n) is 14.8. The van der Waals surface area contributed by atoms with E-state index in [9.17, 15) is 0 Å². The van der Waals surface area contributed by atoms with Gasteiger partial charge in [-0.3, -0.25) is 8.97 Å². The number of para-hydroxylation sites is 2. The van der Waals surface area contributed by atoms with Crippen LogP contribution in [0.5, 0.6) is 0 Å². The van der Waals surface area contributed by atoms with Gasteiger partial charge in [-0.15, -0.1) is 0 Å². The van der Waals surface area contributed by atoms with Gasteiger partial charge in [-0.25, -0.2) is 4.98 Å². The standard InChI is InChI=1S/C22H21N3/c1-15(2)8-7-9-17(4)24-20-13-12-16(3)14-21(20)25-19-11-6-5-10-18(19)23-22(24)25/h5-14H,1H2,2-4H3/b8-7-,17-9+. The average Bonchev–Trinajstić information content (AvgIpc) is 3.08. The van der Waals surface area contributed by atoms with Crippen LogP contribution in [0.1, 0.15) is 19.4 Å². The van der Waals surface area contributed by atoms with Crippen LogP contribution >= 0.6 is 0 Å². The molecule has 0 amide bonds. The molecule has 124 valence electrons. The van der Waals surface area contributed by atoms with Crippen LogP contribution in [0.15, 0.2) is 72.8 Å². The number of allylic oxidation sites excluding steroid dienone is 5. The molecule has 4 rings (SSSR count). The van der Waals surface area contributed by atoms with Crippen molar-refractivity contribution in [2.24, 2.45) is 0 Å². The zero-order valence-corrected chi connectivity index (χ0v) is 14.8. The molecule has 3 heteroatoms. The Labute approximate surface area is 147 Å². The highest BCUT2D eigenvalue weighted by atomic mass is 15.2. The van der Waals surface area contributed by atoms with E-state index in [4.69, 9.17) is 4.98 Å². The van der Waals surface area contributed by atoms with Gasteiger partial charge >= 0.3 is 0 Å². The Hall–Kier alpha value is -3.07. The monoisotopic (exact) mass is 327 g/mol. The van der Waals surface area contributed by atoms with Crippen molar-refractivity contribution in [1.29, 1.82) is 0 Å². The summed E-state index contributed by atoms with van der Waals surface area (Å²) in [6.07, 6.45) is 6.16. The van der Waals surface area contributed by atoms with E-state index in [1.165, 1.54) is 11.1 Å². The average molecular weight is 327 g/mol. The molecule has 0 N–H and O–H groups in total. The van der Waals surface area contributed by atoms with Gasteiger partial charge in [-0.2, -0.15) is 0 Å². The van der Waals surface area contributed by atoms with Crippen molar-refractivity contribution in [2.75, 3.05) is 0 Å². The second-order valence-corrected chi connectivity index (χ2v) is 6.58. The molecular formula is C22H21N3. The van der Waals surface area contributed by atoms with Crippen LogP contribution in [0.2, 0.25) is 0 Å². The highest BCUT2D eigenvalue weighted by Crippen LogP contribution is 2.29. The number of imidazole rings is 2. The van der Waals surface area contributed by atoms with E-state index in [1.807, 2.05) is 25.1 Å². The van der Waals surface area contributed by atoms with Gasteiger partial charge in [-0.05, 0) is 56.7 Å². The summed E-state index contributed by atoms with van der Waals surface area (Å²) >= 11 is 0. The van der Waals surface area contributed by atoms with Crippen molar-refractivity contribution in [3.05, 3.63) is 78.4 Å². The molecule has 25 heavy (non-hydrogen) atoms. The fraction of sp³-hybridized carbons (Fsp3) is 0.136. The summed E-state index contributed by atoms with van der Waals surface area (Å²) < 4.78 is 4.47. The molecule has 0 spiro atoms. The van der Waals surface area contributed by atoms with Gasteiger partial charge in [0, 0.05) is 5.70 Å². The molecule has 0 aliphatic carbocycles. The third kappa shape index (κ3) is 2.49. The predicted molar refractivity (Wildman–Crippen MR) is 107 cm³/mol. The minimum Gasteiger partial charge on any atom is -0.282 e. The third-order valence-electron chi connectivity index (χ3n) is 4.43. The number of nitrogens with zero attached hydrogens (tertiary/aromatic N) is 3. The molecule has 4 aromatic rings. The first-order chi connectivity index (χ1) is 12.1. The van der Waals surface area contributed by atoms with Gasteiger partial charge in [0.25, 0.3) is 0 Å². The van der Waals surface area contributed by atoms with Crippen molar-refractivity contribution in [3.8, 4) is 0 Å². The van der Waals surface area contributed by atoms with Crippen molar-refractivity contribution >= 4 is 33.5 Å². The molecule has 0 aliphatic rings. The Kier molecular flexibility index (Phi) is 3.57. The summed E-state index contributed by atoms with van der Waals surface area (Å²) in [5, 5.41) is 0. The topological polar surface area (TPSA) is 22.2 Å². The molecule has 3 nitrogen and oxygen atoms in total. The van der Waals surface area contributed by atoms with E-state index < -0.39 is 0 Å². The van der Waals surface area contributed by atoms with E-state index in [0.29, 0.717) is 0 Å². The fourth-order valence-electron chi connectivity index (χ4n) is 3.28. The lowest BCUT2D eigenvalue weighted by Crippen LogP contribution is -1.94. The first-order valence-corrected chi connectivity index (χ1v) is 8.45. The number of hydrogen-bond acceptors (Lipinski definition) is 1. The first kappa shape index (κ1) is 15.5. The smallest absolute Gasteiger partial charge is 0.220 e. The number of aryl methyl sites for hydroxylation is 1. The fourth-order valence-corrected chi connectivity index (χ4v) is 3.28. The van der Waals surface area contributed by atoms with Crippen LogP contribution < -0.4 is 0 Å². The lowest BCUT2D eigenvalue weighted by atomic mass is 10.2. The largest absolute Gasteiger partial charge is 0.282 e. The van der Waals surface area contributed by atoms with Crippen LogP contribution in [0.4, 0.5) is 0 Å². The summed E-state index contributed by atoms with van der Waals surface area (Å²) in [6, 6.07) is 14.8. The Morgan fingerprint density at radius 1 is 1.04 bits per heavy atom. The second-order valence-electron chi connectivity index (χ2n) is 6.58. The van der Waals surface area contributed by atoms with E-state index in [2.05, 4.69) is 71.9 Å². The molecular weight excluding hydrogens is 306 g/mol. The number of fused-ring (bicyclic) bond motifs is 5. The molecule has 0 saturated heterocycles. The van der Waals surface area contributed by atoms with Gasteiger partial charge in [0.1, 0.15) is 0 Å². The van der Waals surface area contributed by atoms with Crippen LogP contribution in [0, 0.1) is 6.92 Å². The highest BCUT2D eigenvalue weighted by molar-refractivity contribution is 5.93. The second kappa shape index (κ2) is 5.78. The van der Waals surface area contributed by atoms with Gasteiger partial charge in [0.05, 0.1) is 22.1 Å². The van der Waals surface area contributed by atoms with E-state index in [0.717, 1.165) is 33.6 Å². The lowest BCUT2D eigenvalue weighted by Gasteiger charge is -2.04. The molecule has 2 heterocycles. The summed E-state index contributed by atoms with van der Waals surface area (Å²) in [4.78, 5) is 4.89. The molecule has 2 aromatic heterocycles. The van der Waals surface area contributed by atoms with E-state index >= 15 is 0 Å². The number of benzene rings is 2. The van der Waals surface area contributed by atoms with E-state index in [1.54, 1.807) is 0 Å². The molecule has 0 saturated carbocycles. The van der Waals surface area contributed by atoms with Crippen molar-refractivity contribution in [3.63, 3.8) is 0 Å².